The largest absolute Gasteiger partial charge is 0.845 e. The molecule has 1 aromatic heterocycles. The fraction of sp³-hybridized carbons (Fsp3) is 0.565. The summed E-state index contributed by atoms with van der Waals surface area (Å²) in [5, 5.41) is 20.0. The molecule has 3 aliphatic rings. The molecule has 0 spiro atoms. The zero-order valence-corrected chi connectivity index (χ0v) is 20.1. The Labute approximate surface area is 199 Å². The average molecular weight is 489 g/mol. The van der Waals surface area contributed by atoms with Crippen LogP contribution in [0.3, 0.4) is 0 Å². The van der Waals surface area contributed by atoms with Crippen LogP contribution in [0.15, 0.2) is 22.9 Å². The van der Waals surface area contributed by atoms with E-state index < -0.39 is 16.2 Å². The number of aromatic nitrogens is 2. The number of amidine groups is 1. The first-order chi connectivity index (χ1) is 16.5. The summed E-state index contributed by atoms with van der Waals surface area (Å²) < 4.78 is 43.8. The van der Waals surface area contributed by atoms with E-state index in [0.717, 1.165) is 55.3 Å². The van der Waals surface area contributed by atoms with Gasteiger partial charge in [-0.3, -0.25) is 0 Å². The van der Waals surface area contributed by atoms with Crippen LogP contribution >= 0.6 is 0 Å². The van der Waals surface area contributed by atoms with Gasteiger partial charge in [-0.1, -0.05) is 6.07 Å². The highest BCUT2D eigenvalue weighted by molar-refractivity contribution is 7.91. The van der Waals surface area contributed by atoms with Crippen LogP contribution in [0.2, 0.25) is 0 Å². The normalized spacial score (nSPS) is 18.7. The van der Waals surface area contributed by atoms with Crippen LogP contribution in [0, 0.1) is 0 Å². The molecule has 5 rings (SSSR count). The van der Waals surface area contributed by atoms with Gasteiger partial charge in [-0.25, -0.2) is 8.99 Å². The zero-order chi connectivity index (χ0) is 23.7. The summed E-state index contributed by atoms with van der Waals surface area (Å²) in [6.45, 7) is 1.07. The molecule has 0 bridgehead atoms. The fourth-order valence-corrected chi connectivity index (χ4v) is 6.66. The Morgan fingerprint density at radius 3 is 2.56 bits per heavy atom. The van der Waals surface area contributed by atoms with Crippen molar-refractivity contribution in [1.82, 2.24) is 9.78 Å². The quantitative estimate of drug-likeness (QED) is 0.463. The van der Waals surface area contributed by atoms with E-state index >= 15 is 0 Å². The Morgan fingerprint density at radius 1 is 1.24 bits per heavy atom. The van der Waals surface area contributed by atoms with Crippen molar-refractivity contribution >= 4 is 27.6 Å². The van der Waals surface area contributed by atoms with E-state index in [0.29, 0.717) is 31.7 Å². The number of fused-ring (bicyclic) bond motifs is 2. The predicted molar refractivity (Wildman–Crippen MR) is 126 cm³/mol. The second kappa shape index (κ2) is 9.55. The molecular formula is C23H30N5O5S-. The van der Waals surface area contributed by atoms with Crippen molar-refractivity contribution in [3.05, 3.63) is 40.7 Å². The van der Waals surface area contributed by atoms with Crippen LogP contribution < -0.4 is 14.7 Å². The van der Waals surface area contributed by atoms with Crippen LogP contribution in [0.5, 0.6) is 0 Å². The summed E-state index contributed by atoms with van der Waals surface area (Å²) in [6.07, 6.45) is 9.89. The summed E-state index contributed by atoms with van der Waals surface area (Å²) in [7, 11) is -2.79. The third-order valence-corrected chi connectivity index (χ3v) is 8.21. The molecule has 1 saturated heterocycles. The minimum atomic E-state index is -4.33. The maximum absolute atomic E-state index is 13.5. The zero-order valence-electron chi connectivity index (χ0n) is 19.3. The van der Waals surface area contributed by atoms with Gasteiger partial charge in [0, 0.05) is 26.0 Å². The number of benzene rings is 1. The number of anilines is 2. The van der Waals surface area contributed by atoms with Crippen LogP contribution in [-0.4, -0.2) is 50.6 Å². The van der Waals surface area contributed by atoms with Crippen molar-refractivity contribution in [3.63, 3.8) is 0 Å². The Balaban J connectivity index is 1.47. The van der Waals surface area contributed by atoms with Gasteiger partial charge in [-0.2, -0.15) is 13.5 Å². The maximum atomic E-state index is 13.5. The molecule has 2 heterocycles. The van der Waals surface area contributed by atoms with E-state index in [1.165, 1.54) is 33.4 Å². The van der Waals surface area contributed by atoms with Gasteiger partial charge >= 0.3 is 10.2 Å². The molecule has 0 amide bonds. The van der Waals surface area contributed by atoms with Gasteiger partial charge in [0.1, 0.15) is 6.73 Å². The summed E-state index contributed by atoms with van der Waals surface area (Å²) in [4.78, 5) is 0. The van der Waals surface area contributed by atoms with Crippen molar-refractivity contribution in [3.8, 4) is 0 Å². The van der Waals surface area contributed by atoms with Gasteiger partial charge in [-0.05, 0) is 73.6 Å². The number of ether oxygens (including phenoxy) is 2. The van der Waals surface area contributed by atoms with Crippen LogP contribution in [-0.2, 0) is 52.1 Å². The second-order valence-corrected chi connectivity index (χ2v) is 10.5. The predicted octanol–water partition coefficient (Wildman–Crippen LogP) is 1.52. The van der Waals surface area contributed by atoms with E-state index in [2.05, 4.69) is 20.9 Å². The molecular weight excluding hydrogens is 458 g/mol. The Kier molecular flexibility index (Phi) is 6.50. The molecule has 1 N–H and O–H groups in total. The molecule has 1 fully saturated rings. The first-order valence-electron chi connectivity index (χ1n) is 11.8. The number of rotatable bonds is 7. The third-order valence-electron chi connectivity index (χ3n) is 6.81. The standard InChI is InChI=1S/C23H31N5O5S/c1-32-15-27-14-19(13-24-27)28(18-8-10-33-11-9-18)34(30,31)26-23(29)25-22-20-6-2-4-16(20)12-17-5-3-7-21(17)22/h12-14,18H,2-11,15H2,1H3,(H2,25,26,29)/p-1. The lowest BCUT2D eigenvalue weighted by molar-refractivity contribution is -0.213. The van der Waals surface area contributed by atoms with Gasteiger partial charge in [0.25, 0.3) is 0 Å². The maximum Gasteiger partial charge on any atom is 0.345 e. The van der Waals surface area contributed by atoms with Crippen molar-refractivity contribution in [2.45, 2.75) is 64.1 Å². The fourth-order valence-electron chi connectivity index (χ4n) is 5.37. The number of nitrogens with one attached hydrogen (secondary N) is 1. The molecule has 0 radical (unpaired) electrons. The van der Waals surface area contributed by atoms with Crippen LogP contribution in [0.4, 0.5) is 11.4 Å². The molecule has 2 aliphatic carbocycles. The van der Waals surface area contributed by atoms with Crippen molar-refractivity contribution < 1.29 is 23.0 Å². The lowest BCUT2D eigenvalue weighted by Gasteiger charge is -2.33. The Bertz CT molecular complexity index is 1150. The number of hydrogen-bond acceptors (Lipinski definition) is 6. The molecule has 0 saturated carbocycles. The SMILES string of the molecule is COCn1cc(N(C2CCOCC2)S(=O)(=O)/N=C(\[O-])Nc2c3c(cc4c2CCC4)CCC3)cn1. The summed E-state index contributed by atoms with van der Waals surface area (Å²) in [6, 6.07) is 1.02. The highest BCUT2D eigenvalue weighted by Crippen LogP contribution is 2.38. The van der Waals surface area contributed by atoms with Crippen LogP contribution in [0.1, 0.15) is 47.9 Å². The van der Waals surface area contributed by atoms with Crippen molar-refractivity contribution in [2.24, 2.45) is 4.40 Å². The molecule has 184 valence electrons. The first-order valence-corrected chi connectivity index (χ1v) is 13.2. The van der Waals surface area contributed by atoms with Gasteiger partial charge in [-0.15, -0.1) is 4.40 Å². The monoisotopic (exact) mass is 488 g/mol. The average Bonchev–Trinajstić information content (AvgIpc) is 3.55. The van der Waals surface area contributed by atoms with E-state index in [4.69, 9.17) is 9.47 Å². The third kappa shape index (κ3) is 4.51. The molecule has 2 aromatic rings. The summed E-state index contributed by atoms with van der Waals surface area (Å²) in [5.74, 6) is 0. The van der Waals surface area contributed by atoms with Crippen LogP contribution in [0.25, 0.3) is 0 Å². The first kappa shape index (κ1) is 23.1. The molecule has 0 atom stereocenters. The van der Waals surface area contributed by atoms with Crippen molar-refractivity contribution in [2.75, 3.05) is 29.9 Å². The van der Waals surface area contributed by atoms with Crippen molar-refractivity contribution in [1.29, 1.82) is 0 Å². The number of aryl methyl sites for hydroxylation is 2. The number of hydrogen-bond donors (Lipinski definition) is 1. The second-order valence-electron chi connectivity index (χ2n) is 9.03. The minimum absolute atomic E-state index is 0.184. The highest BCUT2D eigenvalue weighted by Gasteiger charge is 2.33. The van der Waals surface area contributed by atoms with Gasteiger partial charge < -0.3 is 19.9 Å². The topological polar surface area (TPSA) is 121 Å². The smallest absolute Gasteiger partial charge is 0.345 e. The Hall–Kier alpha value is -2.63. The van der Waals surface area contributed by atoms with E-state index in [1.54, 1.807) is 6.20 Å². The van der Waals surface area contributed by atoms with Gasteiger partial charge in [0.15, 0.2) is 0 Å². The number of methoxy groups -OCH3 is 1. The molecule has 0 unspecified atom stereocenters. The minimum Gasteiger partial charge on any atom is -0.845 e. The van der Waals surface area contributed by atoms with E-state index in [9.17, 15) is 13.5 Å². The van der Waals surface area contributed by atoms with Gasteiger partial charge in [0.2, 0.25) is 0 Å². The summed E-state index contributed by atoms with van der Waals surface area (Å²) >= 11 is 0. The Morgan fingerprint density at radius 2 is 1.91 bits per heavy atom. The molecule has 11 heteroatoms. The van der Waals surface area contributed by atoms with Gasteiger partial charge in [0.05, 0.1) is 30.1 Å². The molecule has 1 aliphatic heterocycles. The lowest BCUT2D eigenvalue weighted by Crippen LogP contribution is -2.44. The van der Waals surface area contributed by atoms with E-state index in [-0.39, 0.29) is 12.8 Å². The molecule has 1 aromatic carbocycles. The number of nitrogens with zero attached hydrogens (tertiary/aromatic N) is 4. The highest BCUT2D eigenvalue weighted by atomic mass is 32.2. The molecule has 10 nitrogen and oxygen atoms in total. The molecule has 34 heavy (non-hydrogen) atoms. The summed E-state index contributed by atoms with van der Waals surface area (Å²) in [5.41, 5.74) is 5.90. The van der Waals surface area contributed by atoms with E-state index in [1.807, 2.05) is 0 Å². The lowest BCUT2D eigenvalue weighted by atomic mass is 9.99.